The van der Waals surface area contributed by atoms with Crippen molar-refractivity contribution < 1.29 is 9.53 Å². The third kappa shape index (κ3) is 4.66. The molecule has 29 heavy (non-hydrogen) atoms. The normalized spacial score (nSPS) is 14.6. The first kappa shape index (κ1) is 19.2. The Morgan fingerprint density at radius 3 is 2.10 bits per heavy atom. The summed E-state index contributed by atoms with van der Waals surface area (Å²) in [5.74, 6) is -0.0988. The number of hydrogen-bond acceptors (Lipinski definition) is 3. The molecule has 3 aromatic carbocycles. The average molecular weight is 386 g/mol. The van der Waals surface area contributed by atoms with E-state index in [9.17, 15) is 4.79 Å². The smallest absolute Gasteiger partial charge is 0.255 e. The maximum absolute atomic E-state index is 12.6. The number of methoxy groups -OCH3 is 1. The van der Waals surface area contributed by atoms with Gasteiger partial charge < -0.3 is 15.0 Å². The molecule has 1 aliphatic rings. The van der Waals surface area contributed by atoms with E-state index in [4.69, 9.17) is 4.74 Å². The van der Waals surface area contributed by atoms with E-state index in [2.05, 4.69) is 34.5 Å². The van der Waals surface area contributed by atoms with Crippen molar-refractivity contribution in [3.63, 3.8) is 0 Å². The molecule has 1 saturated heterocycles. The first-order valence-corrected chi connectivity index (χ1v) is 10.1. The Morgan fingerprint density at radius 2 is 1.48 bits per heavy atom. The summed E-state index contributed by atoms with van der Waals surface area (Å²) in [6.45, 7) is 2.00. The van der Waals surface area contributed by atoms with Crippen LogP contribution < -0.4 is 10.2 Å². The Kier molecular flexibility index (Phi) is 5.92. The van der Waals surface area contributed by atoms with Gasteiger partial charge in [-0.1, -0.05) is 42.5 Å². The van der Waals surface area contributed by atoms with Gasteiger partial charge in [0.1, 0.15) is 0 Å². The molecule has 0 unspecified atom stereocenters. The van der Waals surface area contributed by atoms with Crippen LogP contribution in [0.1, 0.15) is 23.2 Å². The van der Waals surface area contributed by atoms with E-state index < -0.39 is 0 Å². The molecular weight excluding hydrogens is 360 g/mol. The lowest BCUT2D eigenvalue weighted by Crippen LogP contribution is -2.36. The minimum Gasteiger partial charge on any atom is -0.381 e. The molecule has 1 fully saturated rings. The third-order valence-electron chi connectivity index (χ3n) is 5.52. The Labute approximate surface area is 172 Å². The molecule has 1 heterocycles. The van der Waals surface area contributed by atoms with Gasteiger partial charge >= 0.3 is 0 Å². The van der Waals surface area contributed by atoms with Gasteiger partial charge in [0.2, 0.25) is 0 Å². The van der Waals surface area contributed by atoms with Crippen LogP contribution in [0.25, 0.3) is 11.1 Å². The van der Waals surface area contributed by atoms with Gasteiger partial charge in [-0.15, -0.1) is 0 Å². The molecule has 4 nitrogen and oxygen atoms in total. The monoisotopic (exact) mass is 386 g/mol. The van der Waals surface area contributed by atoms with E-state index in [-0.39, 0.29) is 5.91 Å². The van der Waals surface area contributed by atoms with E-state index in [1.807, 2.05) is 54.6 Å². The molecule has 0 aliphatic carbocycles. The number of nitrogens with one attached hydrogen (secondary N) is 1. The Morgan fingerprint density at radius 1 is 0.862 bits per heavy atom. The second-order valence-electron chi connectivity index (χ2n) is 7.37. The Balaban J connectivity index is 1.37. The van der Waals surface area contributed by atoms with Crippen molar-refractivity contribution in [3.05, 3.63) is 84.4 Å². The number of ether oxygens (including phenoxy) is 1. The zero-order chi connectivity index (χ0) is 20.1. The van der Waals surface area contributed by atoms with Crippen LogP contribution in [0, 0.1) is 0 Å². The van der Waals surface area contributed by atoms with Crippen LogP contribution in [-0.2, 0) is 4.74 Å². The molecule has 3 aromatic rings. The van der Waals surface area contributed by atoms with Crippen LogP contribution in [-0.4, -0.2) is 32.2 Å². The van der Waals surface area contributed by atoms with Crippen LogP contribution in [0.15, 0.2) is 78.9 Å². The molecule has 0 saturated carbocycles. The predicted octanol–water partition coefficient (Wildman–Crippen LogP) is 5.22. The fourth-order valence-corrected chi connectivity index (χ4v) is 3.75. The van der Waals surface area contributed by atoms with Gasteiger partial charge in [-0.3, -0.25) is 4.79 Å². The number of anilines is 2. The van der Waals surface area contributed by atoms with Crippen LogP contribution >= 0.6 is 0 Å². The number of piperidine rings is 1. The molecule has 1 aliphatic heterocycles. The average Bonchev–Trinajstić information content (AvgIpc) is 2.80. The summed E-state index contributed by atoms with van der Waals surface area (Å²) in [4.78, 5) is 14.9. The van der Waals surface area contributed by atoms with Gasteiger partial charge in [-0.2, -0.15) is 0 Å². The van der Waals surface area contributed by atoms with E-state index in [1.165, 1.54) is 5.69 Å². The molecule has 0 bridgehead atoms. The van der Waals surface area contributed by atoms with Crippen molar-refractivity contribution >= 4 is 17.3 Å². The zero-order valence-electron chi connectivity index (χ0n) is 16.7. The Bertz CT molecular complexity index is 929. The number of carbonyl (C=O) groups is 1. The fraction of sp³-hybridized carbons (Fsp3) is 0.240. The molecule has 1 N–H and O–H groups in total. The van der Waals surface area contributed by atoms with Crippen molar-refractivity contribution in [2.75, 3.05) is 30.4 Å². The quantitative estimate of drug-likeness (QED) is 0.653. The number of amides is 1. The molecular formula is C25H26N2O2. The van der Waals surface area contributed by atoms with Gasteiger partial charge in [-0.25, -0.2) is 0 Å². The number of carbonyl (C=O) groups excluding carboxylic acids is 1. The summed E-state index contributed by atoms with van der Waals surface area (Å²) in [6, 6.07) is 25.9. The number of hydrogen-bond donors (Lipinski definition) is 1. The molecule has 4 heteroatoms. The van der Waals surface area contributed by atoms with E-state index in [0.29, 0.717) is 11.7 Å². The SMILES string of the molecule is COC1CCN(c2ccc(NC(=O)c3ccc(-c4ccccc4)cc3)cc2)CC1. The summed E-state index contributed by atoms with van der Waals surface area (Å²) in [6.07, 6.45) is 2.47. The maximum atomic E-state index is 12.6. The molecule has 4 rings (SSSR count). The van der Waals surface area contributed by atoms with Crippen molar-refractivity contribution in [1.29, 1.82) is 0 Å². The largest absolute Gasteiger partial charge is 0.381 e. The van der Waals surface area contributed by atoms with Gasteiger partial charge in [0.25, 0.3) is 5.91 Å². The lowest BCUT2D eigenvalue weighted by atomic mass is 10.0. The van der Waals surface area contributed by atoms with Gasteiger partial charge in [-0.05, 0) is 60.4 Å². The highest BCUT2D eigenvalue weighted by atomic mass is 16.5. The van der Waals surface area contributed by atoms with E-state index in [1.54, 1.807) is 7.11 Å². The minimum atomic E-state index is -0.0988. The standard InChI is InChI=1S/C25H26N2O2/c1-29-24-15-17-27(18-16-24)23-13-11-22(12-14-23)26-25(28)21-9-7-20(8-10-21)19-5-3-2-4-6-19/h2-14,24H,15-18H2,1H3,(H,26,28). The highest BCUT2D eigenvalue weighted by Gasteiger charge is 2.18. The van der Waals surface area contributed by atoms with Crippen molar-refractivity contribution in [2.45, 2.75) is 18.9 Å². The minimum absolute atomic E-state index is 0.0988. The van der Waals surface area contributed by atoms with E-state index in [0.717, 1.165) is 42.7 Å². The van der Waals surface area contributed by atoms with Crippen molar-refractivity contribution in [2.24, 2.45) is 0 Å². The second-order valence-corrected chi connectivity index (χ2v) is 7.37. The highest BCUT2D eigenvalue weighted by molar-refractivity contribution is 6.04. The number of benzene rings is 3. The van der Waals surface area contributed by atoms with Crippen LogP contribution in [0.2, 0.25) is 0 Å². The fourth-order valence-electron chi connectivity index (χ4n) is 3.75. The van der Waals surface area contributed by atoms with Gasteiger partial charge in [0.15, 0.2) is 0 Å². The zero-order valence-corrected chi connectivity index (χ0v) is 16.7. The topological polar surface area (TPSA) is 41.6 Å². The van der Waals surface area contributed by atoms with Gasteiger partial charge in [0.05, 0.1) is 6.10 Å². The van der Waals surface area contributed by atoms with Crippen LogP contribution in [0.3, 0.4) is 0 Å². The van der Waals surface area contributed by atoms with Crippen LogP contribution in [0.4, 0.5) is 11.4 Å². The molecule has 148 valence electrons. The lowest BCUT2D eigenvalue weighted by Gasteiger charge is -2.33. The maximum Gasteiger partial charge on any atom is 0.255 e. The number of nitrogens with zero attached hydrogens (tertiary/aromatic N) is 1. The lowest BCUT2D eigenvalue weighted by molar-refractivity contribution is 0.0819. The predicted molar refractivity (Wildman–Crippen MR) is 119 cm³/mol. The highest BCUT2D eigenvalue weighted by Crippen LogP contribution is 2.24. The summed E-state index contributed by atoms with van der Waals surface area (Å²) >= 11 is 0. The molecule has 0 radical (unpaired) electrons. The van der Waals surface area contributed by atoms with Crippen molar-refractivity contribution in [1.82, 2.24) is 0 Å². The molecule has 0 spiro atoms. The summed E-state index contributed by atoms with van der Waals surface area (Å²) in [5, 5.41) is 2.99. The third-order valence-corrected chi connectivity index (χ3v) is 5.52. The summed E-state index contributed by atoms with van der Waals surface area (Å²) < 4.78 is 5.44. The number of rotatable bonds is 5. The van der Waals surface area contributed by atoms with Crippen molar-refractivity contribution in [3.8, 4) is 11.1 Å². The van der Waals surface area contributed by atoms with E-state index >= 15 is 0 Å². The molecule has 1 amide bonds. The van der Waals surface area contributed by atoms with Gasteiger partial charge in [0, 0.05) is 37.1 Å². The molecule has 0 atom stereocenters. The molecule has 0 aromatic heterocycles. The Hall–Kier alpha value is -3.11. The first-order valence-electron chi connectivity index (χ1n) is 10.1. The van der Waals surface area contributed by atoms with Crippen LogP contribution in [0.5, 0.6) is 0 Å². The summed E-state index contributed by atoms with van der Waals surface area (Å²) in [7, 11) is 1.78. The second kappa shape index (κ2) is 8.93. The summed E-state index contributed by atoms with van der Waals surface area (Å²) in [5.41, 5.74) is 4.88. The first-order chi connectivity index (χ1) is 14.2.